The highest BCUT2D eigenvalue weighted by Gasteiger charge is 2.20. The maximum atomic E-state index is 12.2. The molecule has 25 heavy (non-hydrogen) atoms. The SMILES string of the molecule is N#Cc1ccsc1NC(=O)CN1CCN(Cc2ccccc2Cl)CC1. The average molecular weight is 375 g/mol. The molecule has 130 valence electrons. The maximum absolute atomic E-state index is 12.2. The summed E-state index contributed by atoms with van der Waals surface area (Å²) in [5, 5.41) is 15.1. The van der Waals surface area contributed by atoms with Crippen molar-refractivity contribution in [2.24, 2.45) is 0 Å². The first kappa shape index (κ1) is 17.9. The predicted octanol–water partition coefficient (Wildman–Crippen LogP) is 3.03. The molecule has 1 aliphatic heterocycles. The van der Waals surface area contributed by atoms with Crippen LogP contribution in [0.25, 0.3) is 0 Å². The van der Waals surface area contributed by atoms with Gasteiger partial charge < -0.3 is 5.32 Å². The number of benzene rings is 1. The summed E-state index contributed by atoms with van der Waals surface area (Å²) >= 11 is 7.60. The van der Waals surface area contributed by atoms with E-state index in [2.05, 4.69) is 27.3 Å². The van der Waals surface area contributed by atoms with Crippen LogP contribution in [-0.4, -0.2) is 48.4 Å². The zero-order chi connectivity index (χ0) is 17.6. The number of hydrogen-bond donors (Lipinski definition) is 1. The van der Waals surface area contributed by atoms with Crippen molar-refractivity contribution in [3.8, 4) is 6.07 Å². The molecule has 2 heterocycles. The van der Waals surface area contributed by atoms with Gasteiger partial charge in [0.1, 0.15) is 11.1 Å². The summed E-state index contributed by atoms with van der Waals surface area (Å²) in [5.41, 5.74) is 1.65. The van der Waals surface area contributed by atoms with Gasteiger partial charge in [0.2, 0.25) is 5.91 Å². The lowest BCUT2D eigenvalue weighted by atomic mass is 10.2. The Morgan fingerprint density at radius 1 is 1.20 bits per heavy atom. The number of carbonyl (C=O) groups excluding carboxylic acids is 1. The van der Waals surface area contributed by atoms with Crippen LogP contribution in [0.15, 0.2) is 35.7 Å². The molecule has 0 spiro atoms. The van der Waals surface area contributed by atoms with Crippen molar-refractivity contribution in [3.63, 3.8) is 0 Å². The molecule has 1 N–H and O–H groups in total. The van der Waals surface area contributed by atoms with Gasteiger partial charge in [-0.25, -0.2) is 0 Å². The van der Waals surface area contributed by atoms with E-state index in [1.54, 1.807) is 6.07 Å². The molecule has 0 aliphatic carbocycles. The molecule has 1 aromatic carbocycles. The summed E-state index contributed by atoms with van der Waals surface area (Å²) in [4.78, 5) is 16.7. The fourth-order valence-electron chi connectivity index (χ4n) is 2.84. The molecule has 1 aromatic heterocycles. The topological polar surface area (TPSA) is 59.4 Å². The molecule has 1 saturated heterocycles. The minimum atomic E-state index is -0.0708. The molecule has 1 fully saturated rings. The second-order valence-corrected chi connectivity index (χ2v) is 7.29. The van der Waals surface area contributed by atoms with Gasteiger partial charge in [0.15, 0.2) is 0 Å². The van der Waals surface area contributed by atoms with Gasteiger partial charge in [-0.2, -0.15) is 5.26 Å². The first-order chi connectivity index (χ1) is 12.2. The lowest BCUT2D eigenvalue weighted by Gasteiger charge is -2.34. The van der Waals surface area contributed by atoms with Crippen LogP contribution in [0.1, 0.15) is 11.1 Å². The van der Waals surface area contributed by atoms with E-state index in [4.69, 9.17) is 16.9 Å². The number of anilines is 1. The highest BCUT2D eigenvalue weighted by atomic mass is 35.5. The van der Waals surface area contributed by atoms with E-state index in [9.17, 15) is 4.79 Å². The van der Waals surface area contributed by atoms with Crippen LogP contribution in [-0.2, 0) is 11.3 Å². The number of halogens is 1. The first-order valence-corrected chi connectivity index (χ1v) is 9.37. The van der Waals surface area contributed by atoms with Gasteiger partial charge in [-0.1, -0.05) is 29.8 Å². The molecule has 0 unspecified atom stereocenters. The highest BCUT2D eigenvalue weighted by Crippen LogP contribution is 2.22. The number of nitrogens with zero attached hydrogens (tertiary/aromatic N) is 3. The molecule has 1 aliphatic rings. The van der Waals surface area contributed by atoms with Crippen LogP contribution >= 0.6 is 22.9 Å². The predicted molar refractivity (Wildman–Crippen MR) is 101 cm³/mol. The number of thiophene rings is 1. The standard InChI is InChI=1S/C18H19ClN4OS/c19-16-4-2-1-3-15(16)12-22-6-8-23(9-7-22)13-17(24)21-18-14(11-20)5-10-25-18/h1-5,10H,6-9,12-13H2,(H,21,24). The monoisotopic (exact) mass is 374 g/mol. The zero-order valence-corrected chi connectivity index (χ0v) is 15.3. The third-order valence-electron chi connectivity index (χ3n) is 4.22. The molecule has 0 atom stereocenters. The Balaban J connectivity index is 1.45. The molecule has 1 amide bonds. The molecule has 7 heteroatoms. The van der Waals surface area contributed by atoms with Crippen molar-refractivity contribution in [1.29, 1.82) is 5.26 Å². The van der Waals surface area contributed by atoms with Gasteiger partial charge in [-0.15, -0.1) is 11.3 Å². The van der Waals surface area contributed by atoms with Gasteiger partial charge >= 0.3 is 0 Å². The van der Waals surface area contributed by atoms with E-state index in [0.29, 0.717) is 17.1 Å². The van der Waals surface area contributed by atoms with Crippen LogP contribution in [0.4, 0.5) is 5.00 Å². The van der Waals surface area contributed by atoms with Crippen molar-refractivity contribution < 1.29 is 4.79 Å². The van der Waals surface area contributed by atoms with Gasteiger partial charge in [0, 0.05) is 37.7 Å². The zero-order valence-electron chi connectivity index (χ0n) is 13.7. The quantitative estimate of drug-likeness (QED) is 0.873. The normalized spacial score (nSPS) is 15.7. The Labute approximate surface area is 156 Å². The fourth-order valence-corrected chi connectivity index (χ4v) is 3.79. The summed E-state index contributed by atoms with van der Waals surface area (Å²) in [6, 6.07) is 11.7. The lowest BCUT2D eigenvalue weighted by molar-refractivity contribution is -0.117. The van der Waals surface area contributed by atoms with E-state index >= 15 is 0 Å². The molecule has 0 radical (unpaired) electrons. The van der Waals surface area contributed by atoms with Gasteiger partial charge in [0.05, 0.1) is 12.1 Å². The van der Waals surface area contributed by atoms with Crippen molar-refractivity contribution >= 4 is 33.8 Å². The second-order valence-electron chi connectivity index (χ2n) is 5.97. The van der Waals surface area contributed by atoms with Gasteiger partial charge in [-0.05, 0) is 23.1 Å². The van der Waals surface area contributed by atoms with Crippen LogP contribution < -0.4 is 5.32 Å². The maximum Gasteiger partial charge on any atom is 0.239 e. The third kappa shape index (κ3) is 4.80. The van der Waals surface area contributed by atoms with Gasteiger partial charge in [-0.3, -0.25) is 14.6 Å². The first-order valence-electron chi connectivity index (χ1n) is 8.11. The van der Waals surface area contributed by atoms with Crippen LogP contribution in [0.2, 0.25) is 5.02 Å². The summed E-state index contributed by atoms with van der Waals surface area (Å²) in [7, 11) is 0. The van der Waals surface area contributed by atoms with Crippen molar-refractivity contribution in [1.82, 2.24) is 9.80 Å². The number of rotatable bonds is 5. The highest BCUT2D eigenvalue weighted by molar-refractivity contribution is 7.14. The Kier molecular flexibility index (Phi) is 6.05. The second kappa shape index (κ2) is 8.45. The fraction of sp³-hybridized carbons (Fsp3) is 0.333. The van der Waals surface area contributed by atoms with Crippen LogP contribution in [0, 0.1) is 11.3 Å². The van der Waals surface area contributed by atoms with Crippen molar-refractivity contribution in [2.45, 2.75) is 6.54 Å². The Hall–Kier alpha value is -1.91. The van der Waals surface area contributed by atoms with E-state index in [-0.39, 0.29) is 5.91 Å². The largest absolute Gasteiger partial charge is 0.315 e. The average Bonchev–Trinajstić information content (AvgIpc) is 3.05. The molecule has 5 nitrogen and oxygen atoms in total. The van der Waals surface area contributed by atoms with Crippen LogP contribution in [0.3, 0.4) is 0 Å². The van der Waals surface area contributed by atoms with Gasteiger partial charge in [0.25, 0.3) is 0 Å². The molecule has 2 aromatic rings. The number of piperazine rings is 1. The number of carbonyl (C=O) groups is 1. The Morgan fingerprint density at radius 3 is 2.64 bits per heavy atom. The molecular weight excluding hydrogens is 356 g/mol. The minimum absolute atomic E-state index is 0.0708. The number of amides is 1. The third-order valence-corrected chi connectivity index (χ3v) is 5.42. The summed E-state index contributed by atoms with van der Waals surface area (Å²) in [6.07, 6.45) is 0. The Bertz CT molecular complexity index is 777. The summed E-state index contributed by atoms with van der Waals surface area (Å²) < 4.78 is 0. The van der Waals surface area contributed by atoms with Crippen molar-refractivity contribution in [3.05, 3.63) is 51.9 Å². The lowest BCUT2D eigenvalue weighted by Crippen LogP contribution is -2.48. The molecule has 0 bridgehead atoms. The summed E-state index contributed by atoms with van der Waals surface area (Å²) in [5.74, 6) is -0.0708. The number of nitrogens with one attached hydrogen (secondary N) is 1. The molecule has 3 rings (SSSR count). The minimum Gasteiger partial charge on any atom is -0.315 e. The van der Waals surface area contributed by atoms with Crippen molar-refractivity contribution in [2.75, 3.05) is 38.0 Å². The van der Waals surface area contributed by atoms with Crippen LogP contribution in [0.5, 0.6) is 0 Å². The van der Waals surface area contributed by atoms with E-state index in [1.807, 2.05) is 23.6 Å². The molecular formula is C18H19ClN4OS. The molecule has 0 saturated carbocycles. The number of nitriles is 1. The summed E-state index contributed by atoms with van der Waals surface area (Å²) in [6.45, 7) is 4.67. The van der Waals surface area contributed by atoms with E-state index < -0.39 is 0 Å². The smallest absolute Gasteiger partial charge is 0.239 e. The van der Waals surface area contributed by atoms with E-state index in [0.717, 1.165) is 43.3 Å². The van der Waals surface area contributed by atoms with E-state index in [1.165, 1.54) is 11.3 Å². The Morgan fingerprint density at radius 2 is 1.92 bits per heavy atom. The number of hydrogen-bond acceptors (Lipinski definition) is 5.